The summed E-state index contributed by atoms with van der Waals surface area (Å²) in [6.45, 7) is 4.70. The molecule has 3 aromatic rings. The monoisotopic (exact) mass is 494 g/mol. The lowest BCUT2D eigenvalue weighted by atomic mass is 9.85. The minimum atomic E-state index is -0.307. The van der Waals surface area contributed by atoms with Crippen LogP contribution in [0.5, 0.6) is 11.5 Å². The third kappa shape index (κ3) is 5.99. The maximum atomic E-state index is 12.9. The lowest BCUT2D eigenvalue weighted by Crippen LogP contribution is -2.31. The number of nitrogens with one attached hydrogen (secondary N) is 1. The van der Waals surface area contributed by atoms with Crippen LogP contribution < -0.4 is 14.8 Å². The van der Waals surface area contributed by atoms with E-state index in [1.807, 2.05) is 55.5 Å². The van der Waals surface area contributed by atoms with Gasteiger partial charge < -0.3 is 14.8 Å². The number of hydrogen-bond donors (Lipinski definition) is 1. The van der Waals surface area contributed by atoms with Crippen molar-refractivity contribution in [2.75, 3.05) is 14.2 Å². The molecule has 35 heavy (non-hydrogen) atoms. The summed E-state index contributed by atoms with van der Waals surface area (Å²) < 4.78 is 12.8. The molecule has 1 aliphatic rings. The van der Waals surface area contributed by atoms with Crippen LogP contribution in [0.2, 0.25) is 0 Å². The molecule has 0 bridgehead atoms. The largest absolute Gasteiger partial charge is 0.497 e. The van der Waals surface area contributed by atoms with Crippen LogP contribution >= 0.6 is 11.8 Å². The summed E-state index contributed by atoms with van der Waals surface area (Å²) in [5.41, 5.74) is 2.02. The molecule has 186 valence electrons. The Balaban J connectivity index is 1.52. The predicted octanol–water partition coefficient (Wildman–Crippen LogP) is 5.51. The van der Waals surface area contributed by atoms with Gasteiger partial charge in [-0.1, -0.05) is 43.7 Å². The van der Waals surface area contributed by atoms with Gasteiger partial charge in [0.15, 0.2) is 11.0 Å². The van der Waals surface area contributed by atoms with Gasteiger partial charge in [-0.3, -0.25) is 9.36 Å². The van der Waals surface area contributed by atoms with Crippen molar-refractivity contribution in [3.05, 3.63) is 54.1 Å². The molecule has 0 unspecified atom stereocenters. The first-order valence-corrected chi connectivity index (χ1v) is 13.0. The number of thioether (sulfide) groups is 1. The molecule has 3 atom stereocenters. The number of hydrogen-bond acceptors (Lipinski definition) is 6. The van der Waals surface area contributed by atoms with Gasteiger partial charge in [0.2, 0.25) is 5.91 Å². The van der Waals surface area contributed by atoms with Gasteiger partial charge in [-0.25, -0.2) is 0 Å². The fourth-order valence-electron chi connectivity index (χ4n) is 4.56. The summed E-state index contributed by atoms with van der Waals surface area (Å²) in [6, 6.07) is 16.0. The molecule has 7 nitrogen and oxygen atoms in total. The zero-order valence-electron chi connectivity index (χ0n) is 20.9. The summed E-state index contributed by atoms with van der Waals surface area (Å²) in [7, 11) is 3.31. The van der Waals surface area contributed by atoms with Crippen molar-refractivity contribution >= 4 is 17.7 Å². The van der Waals surface area contributed by atoms with Crippen LogP contribution in [0.1, 0.15) is 51.1 Å². The third-order valence-electron chi connectivity index (χ3n) is 6.69. The SMILES string of the molecule is COc1ccc(CNC(=O)[C@H](C)Sc2nnc(-c3ccc(OC)cc3)n2[C@@H]2CCCC[C@@H]2C)cc1. The molecule has 1 aliphatic carbocycles. The van der Waals surface area contributed by atoms with Crippen molar-refractivity contribution in [3.8, 4) is 22.9 Å². The Morgan fingerprint density at radius 3 is 2.29 bits per heavy atom. The normalized spacial score (nSPS) is 18.6. The number of carbonyl (C=O) groups excluding carboxylic acids is 1. The van der Waals surface area contributed by atoms with E-state index >= 15 is 0 Å². The Bertz CT molecular complexity index is 1110. The number of aromatic nitrogens is 3. The highest BCUT2D eigenvalue weighted by molar-refractivity contribution is 8.00. The van der Waals surface area contributed by atoms with Crippen LogP contribution in [0.4, 0.5) is 0 Å². The van der Waals surface area contributed by atoms with Crippen molar-refractivity contribution in [1.82, 2.24) is 20.1 Å². The van der Waals surface area contributed by atoms with Crippen molar-refractivity contribution < 1.29 is 14.3 Å². The maximum absolute atomic E-state index is 12.9. The first-order valence-electron chi connectivity index (χ1n) is 12.2. The van der Waals surface area contributed by atoms with Crippen LogP contribution in [0.15, 0.2) is 53.7 Å². The van der Waals surface area contributed by atoms with Gasteiger partial charge in [-0.05, 0) is 67.6 Å². The van der Waals surface area contributed by atoms with Crippen molar-refractivity contribution in [1.29, 1.82) is 0 Å². The van der Waals surface area contributed by atoms with Crippen molar-refractivity contribution in [2.45, 2.75) is 62.5 Å². The standard InChI is InChI=1S/C27H34N4O3S/c1-18-7-5-6-8-24(18)31-25(21-11-15-23(34-4)16-12-21)29-30-27(31)35-19(2)26(32)28-17-20-9-13-22(33-3)14-10-20/h9-16,18-19,24H,5-8,17H2,1-4H3,(H,28,32)/t18-,19-,24+/m0/s1. The first-order chi connectivity index (χ1) is 17.0. The van der Waals surface area contributed by atoms with E-state index in [2.05, 4.69) is 27.0 Å². The van der Waals surface area contributed by atoms with Gasteiger partial charge in [0.1, 0.15) is 11.5 Å². The minimum absolute atomic E-state index is 0.0249. The Morgan fingerprint density at radius 2 is 1.66 bits per heavy atom. The van der Waals surface area contributed by atoms with Crippen LogP contribution in [0.25, 0.3) is 11.4 Å². The zero-order chi connectivity index (χ0) is 24.8. The Kier molecular flexibility index (Phi) is 8.33. The average molecular weight is 495 g/mol. The van der Waals surface area contributed by atoms with Crippen LogP contribution in [0.3, 0.4) is 0 Å². The maximum Gasteiger partial charge on any atom is 0.233 e. The molecule has 8 heteroatoms. The second-order valence-electron chi connectivity index (χ2n) is 9.06. The van der Waals surface area contributed by atoms with E-state index in [0.717, 1.165) is 40.0 Å². The number of methoxy groups -OCH3 is 2. The Labute approximate surface area is 211 Å². The zero-order valence-corrected chi connectivity index (χ0v) is 21.7. The van der Waals surface area contributed by atoms with E-state index in [1.54, 1.807) is 14.2 Å². The van der Waals surface area contributed by atoms with Gasteiger partial charge in [0.05, 0.1) is 19.5 Å². The van der Waals surface area contributed by atoms with Gasteiger partial charge in [0, 0.05) is 18.2 Å². The molecule has 0 radical (unpaired) electrons. The molecule has 1 saturated carbocycles. The molecule has 2 aromatic carbocycles. The highest BCUT2D eigenvalue weighted by atomic mass is 32.2. The second-order valence-corrected chi connectivity index (χ2v) is 10.4. The smallest absolute Gasteiger partial charge is 0.233 e. The van der Waals surface area contributed by atoms with E-state index in [1.165, 1.54) is 31.0 Å². The van der Waals surface area contributed by atoms with Crippen LogP contribution in [-0.2, 0) is 11.3 Å². The molecule has 1 N–H and O–H groups in total. The first kappa shape index (κ1) is 25.1. The quantitative estimate of drug-likeness (QED) is 0.395. The van der Waals surface area contributed by atoms with Gasteiger partial charge in [0.25, 0.3) is 0 Å². The highest BCUT2D eigenvalue weighted by Gasteiger charge is 2.30. The van der Waals surface area contributed by atoms with Gasteiger partial charge >= 0.3 is 0 Å². The Morgan fingerprint density at radius 1 is 1.03 bits per heavy atom. The van der Waals surface area contributed by atoms with Crippen LogP contribution in [-0.4, -0.2) is 40.1 Å². The van der Waals surface area contributed by atoms with Crippen molar-refractivity contribution in [2.24, 2.45) is 5.92 Å². The number of benzene rings is 2. The average Bonchev–Trinajstić information content (AvgIpc) is 3.30. The summed E-state index contributed by atoms with van der Waals surface area (Å²) in [4.78, 5) is 12.9. The summed E-state index contributed by atoms with van der Waals surface area (Å²) in [6.07, 6.45) is 4.72. The van der Waals surface area contributed by atoms with Gasteiger partial charge in [-0.15, -0.1) is 10.2 Å². The third-order valence-corrected chi connectivity index (χ3v) is 7.74. The fraction of sp³-hybridized carbons (Fsp3) is 0.444. The topological polar surface area (TPSA) is 78.3 Å². The van der Waals surface area contributed by atoms with Crippen LogP contribution in [0, 0.1) is 5.92 Å². The molecular weight excluding hydrogens is 460 g/mol. The molecular formula is C27H34N4O3S. The number of rotatable bonds is 9. The lowest BCUT2D eigenvalue weighted by molar-refractivity contribution is -0.120. The number of nitrogens with zero attached hydrogens (tertiary/aromatic N) is 3. The molecule has 0 spiro atoms. The Hall–Kier alpha value is -3.00. The number of amides is 1. The fourth-order valence-corrected chi connectivity index (χ4v) is 5.49. The summed E-state index contributed by atoms with van der Waals surface area (Å²) in [5, 5.41) is 12.7. The summed E-state index contributed by atoms with van der Waals surface area (Å²) >= 11 is 1.47. The molecule has 1 heterocycles. The number of carbonyl (C=O) groups is 1. The number of ether oxygens (including phenoxy) is 2. The van der Waals surface area contributed by atoms with E-state index in [4.69, 9.17) is 9.47 Å². The van der Waals surface area contributed by atoms with E-state index < -0.39 is 0 Å². The molecule has 1 amide bonds. The minimum Gasteiger partial charge on any atom is -0.497 e. The highest BCUT2D eigenvalue weighted by Crippen LogP contribution is 2.39. The van der Waals surface area contributed by atoms with E-state index in [-0.39, 0.29) is 11.2 Å². The molecule has 0 aliphatic heterocycles. The molecule has 1 fully saturated rings. The molecule has 1 aromatic heterocycles. The second kappa shape index (κ2) is 11.6. The van der Waals surface area contributed by atoms with E-state index in [0.29, 0.717) is 18.5 Å². The van der Waals surface area contributed by atoms with E-state index in [9.17, 15) is 4.79 Å². The van der Waals surface area contributed by atoms with Gasteiger partial charge in [-0.2, -0.15) is 0 Å². The summed E-state index contributed by atoms with van der Waals surface area (Å²) in [5.74, 6) is 2.95. The van der Waals surface area contributed by atoms with Crippen molar-refractivity contribution in [3.63, 3.8) is 0 Å². The lowest BCUT2D eigenvalue weighted by Gasteiger charge is -2.31. The molecule has 0 saturated heterocycles. The predicted molar refractivity (Wildman–Crippen MR) is 139 cm³/mol. The molecule has 4 rings (SSSR count).